The second-order valence-electron chi connectivity index (χ2n) is 25.3. The molecule has 12 rings (SSSR count). The van der Waals surface area contributed by atoms with Crippen LogP contribution in [0.3, 0.4) is 0 Å². The number of aryl methyl sites for hydroxylation is 2. The van der Waals surface area contributed by atoms with Crippen molar-refractivity contribution in [3.05, 3.63) is 172 Å². The summed E-state index contributed by atoms with van der Waals surface area (Å²) in [4.78, 5) is 5.43. The van der Waals surface area contributed by atoms with Crippen LogP contribution in [0.1, 0.15) is 141 Å². The van der Waals surface area contributed by atoms with E-state index in [9.17, 15) is 0 Å². The third-order valence-corrected chi connectivity index (χ3v) is 18.6. The lowest BCUT2D eigenvalue weighted by atomic mass is 9.35. The molecule has 7 aromatic carbocycles. The van der Waals surface area contributed by atoms with Gasteiger partial charge in [0.2, 0.25) is 0 Å². The van der Waals surface area contributed by atoms with E-state index >= 15 is 0 Å². The highest BCUT2D eigenvalue weighted by Crippen LogP contribution is 2.56. The number of fused-ring (bicyclic) bond motifs is 8. The first kappa shape index (κ1) is 45.3. The lowest BCUT2D eigenvalue weighted by molar-refractivity contribution is 0.332. The van der Waals surface area contributed by atoms with Crippen LogP contribution in [0.4, 0.5) is 34.1 Å². The van der Waals surface area contributed by atoms with Crippen LogP contribution in [0.25, 0.3) is 32.3 Å². The van der Waals surface area contributed by atoms with Gasteiger partial charge in [0.1, 0.15) is 0 Å². The molecular formula is C66H69BN2S. The van der Waals surface area contributed by atoms with Crippen molar-refractivity contribution in [1.82, 2.24) is 0 Å². The Hall–Kier alpha value is -5.84. The summed E-state index contributed by atoms with van der Waals surface area (Å²) < 4.78 is 2.85. The predicted octanol–water partition coefficient (Wildman–Crippen LogP) is 16.9. The molecule has 0 radical (unpaired) electrons. The number of rotatable bonds is 4. The normalized spacial score (nSPS) is 17.9. The quantitative estimate of drug-likeness (QED) is 0.162. The van der Waals surface area contributed by atoms with E-state index in [4.69, 9.17) is 0 Å². The highest BCUT2D eigenvalue weighted by atomic mass is 32.1. The van der Waals surface area contributed by atoms with Gasteiger partial charge in [0, 0.05) is 48.7 Å². The zero-order valence-corrected chi connectivity index (χ0v) is 44.7. The summed E-state index contributed by atoms with van der Waals surface area (Å²) in [5.41, 5.74) is 25.7. The van der Waals surface area contributed by atoms with E-state index in [1.54, 1.807) is 0 Å². The Kier molecular flexibility index (Phi) is 9.93. The van der Waals surface area contributed by atoms with Crippen molar-refractivity contribution in [2.24, 2.45) is 0 Å². The Morgan fingerprint density at radius 2 is 0.957 bits per heavy atom. The molecule has 0 spiro atoms. The molecule has 4 aliphatic rings. The number of thiophene rings is 1. The van der Waals surface area contributed by atoms with Crippen molar-refractivity contribution in [3.63, 3.8) is 0 Å². The van der Waals surface area contributed by atoms with Gasteiger partial charge in [-0.25, -0.2) is 0 Å². The van der Waals surface area contributed by atoms with Crippen LogP contribution >= 0.6 is 11.3 Å². The van der Waals surface area contributed by atoms with Crippen molar-refractivity contribution in [2.75, 3.05) is 9.80 Å². The molecule has 0 amide bonds. The minimum Gasteiger partial charge on any atom is -0.310 e. The number of anilines is 6. The fourth-order valence-electron chi connectivity index (χ4n) is 13.1. The van der Waals surface area contributed by atoms with E-state index in [2.05, 4.69) is 245 Å². The largest absolute Gasteiger partial charge is 0.310 e. The second kappa shape index (κ2) is 15.3. The van der Waals surface area contributed by atoms with Gasteiger partial charge in [-0.05, 0) is 182 Å². The van der Waals surface area contributed by atoms with Gasteiger partial charge in [-0.15, -0.1) is 11.3 Å². The molecule has 0 atom stereocenters. The molecular weight excluding hydrogens is 864 g/mol. The Labute approximate surface area is 422 Å². The molecule has 3 heterocycles. The Bertz CT molecular complexity index is 3370. The van der Waals surface area contributed by atoms with Gasteiger partial charge in [-0.3, -0.25) is 0 Å². The van der Waals surface area contributed by atoms with Crippen molar-refractivity contribution < 1.29 is 0 Å². The molecule has 0 fully saturated rings. The first-order valence-electron chi connectivity index (χ1n) is 26.0. The third kappa shape index (κ3) is 6.86. The molecule has 8 aromatic rings. The van der Waals surface area contributed by atoms with Gasteiger partial charge in [0.25, 0.3) is 6.71 Å². The maximum absolute atomic E-state index is 2.74. The van der Waals surface area contributed by atoms with Crippen molar-refractivity contribution in [2.45, 2.75) is 143 Å². The molecule has 2 nitrogen and oxygen atoms in total. The van der Waals surface area contributed by atoms with E-state index in [0.29, 0.717) is 0 Å². The van der Waals surface area contributed by atoms with Gasteiger partial charge < -0.3 is 9.80 Å². The van der Waals surface area contributed by atoms with Crippen molar-refractivity contribution >= 4 is 78.0 Å². The molecule has 2 aliphatic carbocycles. The summed E-state index contributed by atoms with van der Waals surface area (Å²) >= 11 is 2.06. The second-order valence-corrected chi connectivity index (χ2v) is 26.3. The first-order valence-corrected chi connectivity index (χ1v) is 26.9. The van der Waals surface area contributed by atoms with Gasteiger partial charge in [-0.2, -0.15) is 0 Å². The molecule has 4 heteroatoms. The summed E-state index contributed by atoms with van der Waals surface area (Å²) in [7, 11) is 0. The summed E-state index contributed by atoms with van der Waals surface area (Å²) in [6, 6.07) is 52.5. The minimum absolute atomic E-state index is 0.0193. The molecule has 0 N–H and O–H groups in total. The summed E-state index contributed by atoms with van der Waals surface area (Å²) in [6.07, 6.45) is 4.71. The standard InChI is InChI=1S/C66H69BN2S/c1-40-32-46(42-20-16-14-17-21-42)59(47(33-40)43-22-18-15-19-23-43)69-54-38-51-50(64(8,9)29-30-65(51,10)11)37-53(54)67-58-55(34-41(2)35-56(58)69)68(45-26-24-44(25-27-45)62(3,4)5)60-48-36-49-52(39-57(48)70-61(60)67)66(12,13)31-28-63(49,6)7/h14-27,32-39H,28-31H2,1-13H3. The molecule has 0 bridgehead atoms. The molecule has 0 saturated carbocycles. The molecule has 352 valence electrons. The average molecular weight is 933 g/mol. The smallest absolute Gasteiger partial charge is 0.264 e. The molecule has 0 saturated heterocycles. The summed E-state index contributed by atoms with van der Waals surface area (Å²) in [5, 5.41) is 1.39. The summed E-state index contributed by atoms with van der Waals surface area (Å²) in [5.74, 6) is 0. The summed E-state index contributed by atoms with van der Waals surface area (Å²) in [6.45, 7) is 31.5. The SMILES string of the molecule is Cc1cc(-c2ccccc2)c(N2c3cc4c(cc3B3c5sc6cc7c(cc6c5N(c5ccc(C(C)(C)C)cc5)c5cc(C)cc2c53)C(C)(C)CCC7(C)C)C(C)(C)CCC4(C)C)c(-c2ccccc2)c1. The molecule has 70 heavy (non-hydrogen) atoms. The maximum Gasteiger partial charge on any atom is 0.264 e. The maximum atomic E-state index is 2.74. The van der Waals surface area contributed by atoms with Crippen LogP contribution in [0.5, 0.6) is 0 Å². The lowest BCUT2D eigenvalue weighted by Gasteiger charge is -2.47. The molecule has 0 unspecified atom stereocenters. The number of hydrogen-bond donors (Lipinski definition) is 0. The van der Waals surface area contributed by atoms with Crippen LogP contribution in [-0.2, 0) is 27.1 Å². The van der Waals surface area contributed by atoms with Gasteiger partial charge in [-0.1, -0.05) is 155 Å². The lowest BCUT2D eigenvalue weighted by Crippen LogP contribution is -2.61. The number of hydrogen-bond acceptors (Lipinski definition) is 3. The fourth-order valence-corrected chi connectivity index (χ4v) is 14.4. The molecule has 1 aromatic heterocycles. The monoisotopic (exact) mass is 933 g/mol. The zero-order valence-electron chi connectivity index (χ0n) is 43.9. The Morgan fingerprint density at radius 3 is 1.49 bits per heavy atom. The minimum atomic E-state index is 0.0193. The van der Waals surface area contributed by atoms with Gasteiger partial charge in [0.15, 0.2) is 0 Å². The topological polar surface area (TPSA) is 6.48 Å². The van der Waals surface area contributed by atoms with Gasteiger partial charge in [0.05, 0.1) is 11.4 Å². The van der Waals surface area contributed by atoms with E-state index < -0.39 is 0 Å². The van der Waals surface area contributed by atoms with Gasteiger partial charge >= 0.3 is 0 Å². The molecule has 2 aliphatic heterocycles. The Balaban J connectivity index is 1.25. The average Bonchev–Trinajstić information content (AvgIpc) is 3.70. The predicted molar refractivity (Wildman–Crippen MR) is 305 cm³/mol. The van der Waals surface area contributed by atoms with Crippen molar-refractivity contribution in [3.8, 4) is 22.3 Å². The van der Waals surface area contributed by atoms with E-state index in [1.165, 1.54) is 140 Å². The van der Waals surface area contributed by atoms with Crippen LogP contribution in [-0.4, -0.2) is 6.71 Å². The van der Waals surface area contributed by atoms with Crippen LogP contribution in [0.2, 0.25) is 0 Å². The highest BCUT2D eigenvalue weighted by molar-refractivity contribution is 7.33. The van der Waals surface area contributed by atoms with E-state index in [0.717, 1.165) is 6.42 Å². The van der Waals surface area contributed by atoms with E-state index in [-0.39, 0.29) is 33.8 Å². The fraction of sp³-hybridized carbons (Fsp3) is 0.333. The third-order valence-electron chi connectivity index (χ3n) is 17.4. The number of nitrogens with zero attached hydrogens (tertiary/aromatic N) is 2. The van der Waals surface area contributed by atoms with Crippen LogP contribution < -0.4 is 25.5 Å². The number of benzene rings is 7. The van der Waals surface area contributed by atoms with Crippen LogP contribution in [0, 0.1) is 13.8 Å². The Morgan fingerprint density at radius 1 is 0.486 bits per heavy atom. The van der Waals surface area contributed by atoms with Crippen molar-refractivity contribution in [1.29, 1.82) is 0 Å². The first-order chi connectivity index (χ1) is 33.1. The van der Waals surface area contributed by atoms with E-state index in [1.807, 2.05) is 0 Å². The van der Waals surface area contributed by atoms with Crippen LogP contribution in [0.15, 0.2) is 133 Å². The highest BCUT2D eigenvalue weighted by Gasteiger charge is 2.49. The zero-order chi connectivity index (χ0) is 49.0.